The lowest BCUT2D eigenvalue weighted by atomic mass is 10.1. The maximum Gasteiger partial charge on any atom is 0.0521 e. The largest absolute Gasteiger partial charge is 0.328 e. The van der Waals surface area contributed by atoms with Crippen LogP contribution in [0.1, 0.15) is 32.3 Å². The number of nitrogens with two attached hydrogens (primary N) is 1. The number of hydrogen-bond acceptors (Lipinski definition) is 3. The molecule has 1 unspecified atom stereocenters. The molecule has 1 heterocycles. The van der Waals surface area contributed by atoms with Crippen molar-refractivity contribution in [2.75, 3.05) is 19.6 Å². The monoisotopic (exact) mass is 238 g/mol. The summed E-state index contributed by atoms with van der Waals surface area (Å²) in [5.41, 5.74) is 7.42. The van der Waals surface area contributed by atoms with E-state index in [0.717, 1.165) is 38.9 Å². The van der Waals surface area contributed by atoms with Gasteiger partial charge >= 0.3 is 0 Å². The van der Waals surface area contributed by atoms with Gasteiger partial charge in [0, 0.05) is 19.3 Å². The lowest BCUT2D eigenvalue weighted by Gasteiger charge is -2.20. The van der Waals surface area contributed by atoms with Gasteiger partial charge in [-0.2, -0.15) is 5.10 Å². The molecule has 1 aromatic heterocycles. The van der Waals surface area contributed by atoms with Crippen LogP contribution in [-0.4, -0.2) is 40.4 Å². The highest BCUT2D eigenvalue weighted by Crippen LogP contribution is 2.05. The SMILES string of the molecule is CCN(CC)CCC(N)CCc1cnn(C)c1. The third-order valence-corrected chi connectivity index (χ3v) is 3.27. The Balaban J connectivity index is 2.18. The Kier molecular flexibility index (Phi) is 6.22. The zero-order valence-electron chi connectivity index (χ0n) is 11.4. The fourth-order valence-electron chi connectivity index (χ4n) is 1.99. The molecule has 0 saturated heterocycles. The minimum Gasteiger partial charge on any atom is -0.328 e. The first-order valence-corrected chi connectivity index (χ1v) is 6.61. The van der Waals surface area contributed by atoms with Crippen molar-refractivity contribution in [3.8, 4) is 0 Å². The topological polar surface area (TPSA) is 47.1 Å². The molecule has 4 nitrogen and oxygen atoms in total. The van der Waals surface area contributed by atoms with Crippen LogP contribution < -0.4 is 5.73 Å². The van der Waals surface area contributed by atoms with Crippen LogP contribution in [0.15, 0.2) is 12.4 Å². The molecular formula is C13H26N4. The maximum absolute atomic E-state index is 6.13. The number of aryl methyl sites for hydroxylation is 2. The normalized spacial score (nSPS) is 13.2. The highest BCUT2D eigenvalue weighted by atomic mass is 15.2. The average Bonchev–Trinajstić information content (AvgIpc) is 2.74. The first-order chi connectivity index (χ1) is 8.15. The second-order valence-electron chi connectivity index (χ2n) is 4.64. The lowest BCUT2D eigenvalue weighted by molar-refractivity contribution is 0.288. The summed E-state index contributed by atoms with van der Waals surface area (Å²) in [5.74, 6) is 0. The second-order valence-corrected chi connectivity index (χ2v) is 4.64. The zero-order valence-corrected chi connectivity index (χ0v) is 11.4. The molecule has 0 aliphatic heterocycles. The Hall–Kier alpha value is -0.870. The van der Waals surface area contributed by atoms with Crippen molar-refractivity contribution in [1.29, 1.82) is 0 Å². The Morgan fingerprint density at radius 1 is 1.35 bits per heavy atom. The van der Waals surface area contributed by atoms with Crippen molar-refractivity contribution < 1.29 is 0 Å². The highest BCUT2D eigenvalue weighted by molar-refractivity contribution is 5.03. The highest BCUT2D eigenvalue weighted by Gasteiger charge is 2.06. The molecule has 0 bridgehead atoms. The minimum atomic E-state index is 0.302. The summed E-state index contributed by atoms with van der Waals surface area (Å²) in [6.07, 6.45) is 7.16. The molecule has 0 saturated carbocycles. The molecule has 98 valence electrons. The Labute approximate surface area is 105 Å². The van der Waals surface area contributed by atoms with E-state index >= 15 is 0 Å². The number of rotatable bonds is 8. The van der Waals surface area contributed by atoms with Crippen molar-refractivity contribution in [2.45, 2.75) is 39.2 Å². The van der Waals surface area contributed by atoms with Gasteiger partial charge in [0.25, 0.3) is 0 Å². The van der Waals surface area contributed by atoms with E-state index in [1.165, 1.54) is 5.56 Å². The van der Waals surface area contributed by atoms with Crippen molar-refractivity contribution in [1.82, 2.24) is 14.7 Å². The molecule has 2 N–H and O–H groups in total. The molecular weight excluding hydrogens is 212 g/mol. The quantitative estimate of drug-likeness (QED) is 0.745. The van der Waals surface area contributed by atoms with Crippen molar-refractivity contribution >= 4 is 0 Å². The number of hydrogen-bond donors (Lipinski definition) is 1. The van der Waals surface area contributed by atoms with Gasteiger partial charge < -0.3 is 10.6 Å². The summed E-state index contributed by atoms with van der Waals surface area (Å²) in [6, 6.07) is 0.302. The summed E-state index contributed by atoms with van der Waals surface area (Å²) in [7, 11) is 1.95. The lowest BCUT2D eigenvalue weighted by Crippen LogP contribution is -2.30. The molecule has 1 atom stereocenters. The van der Waals surface area contributed by atoms with Crippen LogP contribution in [0.25, 0.3) is 0 Å². The summed E-state index contributed by atoms with van der Waals surface area (Å²) in [4.78, 5) is 2.42. The average molecular weight is 238 g/mol. The minimum absolute atomic E-state index is 0.302. The molecule has 0 radical (unpaired) electrons. The van der Waals surface area contributed by atoms with E-state index in [-0.39, 0.29) is 0 Å². The maximum atomic E-state index is 6.13. The summed E-state index contributed by atoms with van der Waals surface area (Å²) >= 11 is 0. The predicted molar refractivity (Wildman–Crippen MR) is 71.9 cm³/mol. The van der Waals surface area contributed by atoms with E-state index in [2.05, 4.69) is 30.0 Å². The third-order valence-electron chi connectivity index (χ3n) is 3.27. The van der Waals surface area contributed by atoms with Crippen molar-refractivity contribution in [3.05, 3.63) is 18.0 Å². The van der Waals surface area contributed by atoms with E-state index in [9.17, 15) is 0 Å². The predicted octanol–water partition coefficient (Wildman–Crippen LogP) is 1.41. The van der Waals surface area contributed by atoms with Crippen LogP contribution in [0, 0.1) is 0 Å². The molecule has 0 fully saturated rings. The van der Waals surface area contributed by atoms with Gasteiger partial charge in [0.15, 0.2) is 0 Å². The first-order valence-electron chi connectivity index (χ1n) is 6.61. The molecule has 17 heavy (non-hydrogen) atoms. The van der Waals surface area contributed by atoms with Gasteiger partial charge in [-0.1, -0.05) is 13.8 Å². The van der Waals surface area contributed by atoms with Crippen LogP contribution >= 0.6 is 0 Å². The number of aromatic nitrogens is 2. The van der Waals surface area contributed by atoms with Gasteiger partial charge in [-0.3, -0.25) is 4.68 Å². The van der Waals surface area contributed by atoms with Gasteiger partial charge in [-0.05, 0) is 44.5 Å². The summed E-state index contributed by atoms with van der Waals surface area (Å²) < 4.78 is 1.84. The van der Waals surface area contributed by atoms with Gasteiger partial charge in [-0.25, -0.2) is 0 Å². The van der Waals surface area contributed by atoms with E-state index in [1.807, 2.05) is 17.9 Å². The van der Waals surface area contributed by atoms with E-state index < -0.39 is 0 Å². The Morgan fingerprint density at radius 3 is 2.59 bits per heavy atom. The van der Waals surface area contributed by atoms with Gasteiger partial charge in [0.2, 0.25) is 0 Å². The standard InChI is InChI=1S/C13H26N4/c1-4-17(5-2)9-8-13(14)7-6-12-10-15-16(3)11-12/h10-11,13H,4-9,14H2,1-3H3. The zero-order chi connectivity index (χ0) is 12.7. The van der Waals surface area contributed by atoms with E-state index in [0.29, 0.717) is 6.04 Å². The third kappa shape index (κ3) is 5.33. The molecule has 1 rings (SSSR count). The van der Waals surface area contributed by atoms with Crippen molar-refractivity contribution in [2.24, 2.45) is 12.8 Å². The van der Waals surface area contributed by atoms with Crippen molar-refractivity contribution in [3.63, 3.8) is 0 Å². The summed E-state index contributed by atoms with van der Waals surface area (Å²) in [5, 5.41) is 4.16. The van der Waals surface area contributed by atoms with Gasteiger partial charge in [0.1, 0.15) is 0 Å². The smallest absolute Gasteiger partial charge is 0.0521 e. The fraction of sp³-hybridized carbons (Fsp3) is 0.769. The molecule has 0 spiro atoms. The van der Waals surface area contributed by atoms with Gasteiger partial charge in [0.05, 0.1) is 6.20 Å². The van der Waals surface area contributed by atoms with Crippen LogP contribution in [-0.2, 0) is 13.5 Å². The summed E-state index contributed by atoms with van der Waals surface area (Å²) in [6.45, 7) is 7.74. The Bertz CT molecular complexity index is 304. The fourth-order valence-corrected chi connectivity index (χ4v) is 1.99. The Morgan fingerprint density at radius 2 is 2.06 bits per heavy atom. The van der Waals surface area contributed by atoms with Crippen LogP contribution in [0.4, 0.5) is 0 Å². The van der Waals surface area contributed by atoms with Crippen LogP contribution in [0.2, 0.25) is 0 Å². The molecule has 0 aliphatic carbocycles. The molecule has 4 heteroatoms. The first kappa shape index (κ1) is 14.2. The van der Waals surface area contributed by atoms with E-state index in [1.54, 1.807) is 0 Å². The van der Waals surface area contributed by atoms with E-state index in [4.69, 9.17) is 5.73 Å². The molecule has 0 aliphatic rings. The second kappa shape index (κ2) is 7.45. The number of nitrogens with zero attached hydrogens (tertiary/aromatic N) is 3. The van der Waals surface area contributed by atoms with Crippen LogP contribution in [0.3, 0.4) is 0 Å². The molecule has 0 amide bonds. The van der Waals surface area contributed by atoms with Crippen LogP contribution in [0.5, 0.6) is 0 Å². The molecule has 0 aromatic carbocycles. The molecule has 1 aromatic rings. The van der Waals surface area contributed by atoms with Gasteiger partial charge in [-0.15, -0.1) is 0 Å².